The van der Waals surface area contributed by atoms with Gasteiger partial charge in [0.05, 0.1) is 20.3 Å². The topological polar surface area (TPSA) is 74.3 Å². The molecule has 1 unspecified atom stereocenters. The number of nitrogens with zero attached hydrogens (tertiary/aromatic N) is 3. The second-order valence-electron chi connectivity index (χ2n) is 9.37. The molecule has 8 nitrogen and oxygen atoms in total. The summed E-state index contributed by atoms with van der Waals surface area (Å²) in [4.78, 5) is 32.6. The first kappa shape index (κ1) is 25.3. The van der Waals surface area contributed by atoms with Gasteiger partial charge in [-0.2, -0.15) is 0 Å². The maximum atomic E-state index is 13.2. The zero-order chi connectivity index (χ0) is 23.8. The lowest BCUT2D eigenvalue weighted by Crippen LogP contribution is -2.58. The molecule has 2 aliphatic rings. The first-order chi connectivity index (χ1) is 15.9. The van der Waals surface area contributed by atoms with Crippen molar-refractivity contribution in [3.05, 3.63) is 23.8 Å². The van der Waals surface area contributed by atoms with E-state index in [9.17, 15) is 9.59 Å². The minimum Gasteiger partial charge on any atom is -0.497 e. The van der Waals surface area contributed by atoms with Crippen molar-refractivity contribution in [1.29, 1.82) is 0 Å². The highest BCUT2D eigenvalue weighted by Crippen LogP contribution is 2.31. The number of rotatable bonds is 10. The second kappa shape index (κ2) is 12.2. The fourth-order valence-corrected chi connectivity index (χ4v) is 4.98. The Labute approximate surface area is 198 Å². The molecule has 2 amide bonds. The first-order valence-corrected chi connectivity index (χ1v) is 12.1. The third-order valence-corrected chi connectivity index (χ3v) is 6.79. The Kier molecular flexibility index (Phi) is 9.38. The number of hydrogen-bond acceptors (Lipinski definition) is 6. The number of methoxy groups -OCH3 is 2. The molecule has 1 heterocycles. The normalized spacial score (nSPS) is 18.4. The van der Waals surface area contributed by atoms with Crippen molar-refractivity contribution in [2.45, 2.75) is 38.1 Å². The van der Waals surface area contributed by atoms with Crippen LogP contribution in [-0.4, -0.2) is 100 Å². The number of hydrogen-bond donors (Lipinski definition) is 1. The van der Waals surface area contributed by atoms with Crippen molar-refractivity contribution in [3.63, 3.8) is 0 Å². The monoisotopic (exact) mass is 460 g/mol. The third-order valence-electron chi connectivity index (χ3n) is 6.79. The lowest BCUT2D eigenvalue weighted by atomic mass is 9.95. The fourth-order valence-electron chi connectivity index (χ4n) is 4.98. The number of nitrogens with one attached hydrogen (secondary N) is 1. The molecule has 1 saturated carbocycles. The Hall–Kier alpha value is -2.32. The van der Waals surface area contributed by atoms with Gasteiger partial charge in [0.1, 0.15) is 11.5 Å². The smallest absolute Gasteiger partial charge is 0.254 e. The molecule has 0 bridgehead atoms. The van der Waals surface area contributed by atoms with Crippen LogP contribution in [0.1, 0.15) is 42.5 Å². The highest BCUT2D eigenvalue weighted by Gasteiger charge is 2.37. The van der Waals surface area contributed by atoms with Crippen LogP contribution in [0.4, 0.5) is 0 Å². The molecular formula is C25H40N4O4. The molecule has 1 aromatic rings. The van der Waals surface area contributed by atoms with Crippen LogP contribution in [0.25, 0.3) is 0 Å². The molecular weight excluding hydrogens is 420 g/mol. The molecule has 2 fully saturated rings. The quantitative estimate of drug-likeness (QED) is 0.539. The van der Waals surface area contributed by atoms with Gasteiger partial charge >= 0.3 is 0 Å². The van der Waals surface area contributed by atoms with E-state index in [-0.39, 0.29) is 17.9 Å². The van der Waals surface area contributed by atoms with Crippen molar-refractivity contribution in [2.24, 2.45) is 5.92 Å². The van der Waals surface area contributed by atoms with Crippen LogP contribution in [0.2, 0.25) is 0 Å². The Bertz CT molecular complexity index is 764. The molecule has 0 radical (unpaired) electrons. The standard InChI is InChI=1S/C25H40N4O4/c1-27(2)11-7-10-26-24(30)23(19-8-5-6-9-19)28-12-14-29(15-13-28)25(31)20-16-21(32-3)18-22(17-20)33-4/h16-19,23H,5-15H2,1-4H3,(H,26,30). The summed E-state index contributed by atoms with van der Waals surface area (Å²) in [7, 11) is 7.25. The number of carbonyl (C=O) groups is 2. The van der Waals surface area contributed by atoms with Crippen molar-refractivity contribution in [1.82, 2.24) is 20.0 Å². The third kappa shape index (κ3) is 6.84. The average molecular weight is 461 g/mol. The van der Waals surface area contributed by atoms with E-state index in [4.69, 9.17) is 9.47 Å². The summed E-state index contributed by atoms with van der Waals surface area (Å²) in [6.07, 6.45) is 5.57. The highest BCUT2D eigenvalue weighted by atomic mass is 16.5. The Morgan fingerprint density at radius 2 is 1.64 bits per heavy atom. The summed E-state index contributed by atoms with van der Waals surface area (Å²) < 4.78 is 10.6. The Balaban J connectivity index is 1.61. The molecule has 33 heavy (non-hydrogen) atoms. The summed E-state index contributed by atoms with van der Waals surface area (Å²) in [6.45, 7) is 4.30. The van der Waals surface area contributed by atoms with Crippen molar-refractivity contribution >= 4 is 11.8 Å². The Morgan fingerprint density at radius 3 is 2.18 bits per heavy atom. The minimum absolute atomic E-state index is 0.0302. The lowest BCUT2D eigenvalue weighted by molar-refractivity contribution is -0.129. The summed E-state index contributed by atoms with van der Waals surface area (Å²) >= 11 is 0. The first-order valence-electron chi connectivity index (χ1n) is 12.1. The molecule has 1 aromatic carbocycles. The number of amides is 2. The molecule has 1 atom stereocenters. The second-order valence-corrected chi connectivity index (χ2v) is 9.37. The molecule has 0 spiro atoms. The van der Waals surface area contributed by atoms with Gasteiger partial charge in [-0.15, -0.1) is 0 Å². The van der Waals surface area contributed by atoms with Crippen LogP contribution in [0.3, 0.4) is 0 Å². The van der Waals surface area contributed by atoms with Crippen LogP contribution < -0.4 is 14.8 Å². The highest BCUT2D eigenvalue weighted by molar-refractivity contribution is 5.95. The van der Waals surface area contributed by atoms with Crippen LogP contribution in [0, 0.1) is 5.92 Å². The minimum atomic E-state index is -0.0963. The lowest BCUT2D eigenvalue weighted by Gasteiger charge is -2.40. The van der Waals surface area contributed by atoms with Gasteiger partial charge < -0.3 is 24.6 Å². The van der Waals surface area contributed by atoms with Gasteiger partial charge in [0, 0.05) is 44.4 Å². The molecule has 3 rings (SSSR count). The number of benzene rings is 1. The molecule has 184 valence electrons. The van der Waals surface area contributed by atoms with E-state index >= 15 is 0 Å². The van der Waals surface area contributed by atoms with Crippen LogP contribution in [0.15, 0.2) is 18.2 Å². The van der Waals surface area contributed by atoms with E-state index in [1.807, 2.05) is 19.0 Å². The molecule has 1 N–H and O–H groups in total. The van der Waals surface area contributed by atoms with Gasteiger partial charge in [0.25, 0.3) is 5.91 Å². The van der Waals surface area contributed by atoms with E-state index in [0.29, 0.717) is 55.7 Å². The SMILES string of the molecule is COc1cc(OC)cc(C(=O)N2CCN(C(C(=O)NCCCN(C)C)C3CCCC3)CC2)c1. The van der Waals surface area contributed by atoms with Gasteiger partial charge in [0.2, 0.25) is 5.91 Å². The van der Waals surface area contributed by atoms with Gasteiger partial charge in [-0.25, -0.2) is 0 Å². The molecule has 8 heteroatoms. The predicted octanol–water partition coefficient (Wildman–Crippen LogP) is 2.09. The number of carbonyl (C=O) groups excluding carboxylic acids is 2. The van der Waals surface area contributed by atoms with Crippen molar-refractivity contribution in [3.8, 4) is 11.5 Å². The number of ether oxygens (including phenoxy) is 2. The summed E-state index contributed by atoms with van der Waals surface area (Å²) in [5, 5.41) is 3.18. The van der Waals surface area contributed by atoms with Gasteiger partial charge in [0.15, 0.2) is 0 Å². The predicted molar refractivity (Wildman–Crippen MR) is 129 cm³/mol. The van der Waals surface area contributed by atoms with Crippen molar-refractivity contribution in [2.75, 3.05) is 67.6 Å². The average Bonchev–Trinajstić information content (AvgIpc) is 3.35. The zero-order valence-corrected chi connectivity index (χ0v) is 20.6. The van der Waals surface area contributed by atoms with E-state index < -0.39 is 0 Å². The summed E-state index contributed by atoms with van der Waals surface area (Å²) in [5.74, 6) is 1.73. The van der Waals surface area contributed by atoms with E-state index in [2.05, 4.69) is 15.1 Å². The van der Waals surface area contributed by atoms with Crippen molar-refractivity contribution < 1.29 is 19.1 Å². The van der Waals surface area contributed by atoms with Crippen LogP contribution in [-0.2, 0) is 4.79 Å². The zero-order valence-electron chi connectivity index (χ0n) is 20.6. The van der Waals surface area contributed by atoms with Crippen LogP contribution >= 0.6 is 0 Å². The van der Waals surface area contributed by atoms with E-state index in [1.165, 1.54) is 12.8 Å². The van der Waals surface area contributed by atoms with Crippen LogP contribution in [0.5, 0.6) is 11.5 Å². The number of piperazine rings is 1. The maximum absolute atomic E-state index is 13.2. The van der Waals surface area contributed by atoms with Gasteiger partial charge in [-0.1, -0.05) is 12.8 Å². The van der Waals surface area contributed by atoms with E-state index in [0.717, 1.165) is 25.8 Å². The van der Waals surface area contributed by atoms with E-state index in [1.54, 1.807) is 32.4 Å². The Morgan fingerprint density at radius 1 is 1.03 bits per heavy atom. The molecule has 1 aliphatic carbocycles. The van der Waals surface area contributed by atoms with Gasteiger partial charge in [-0.3, -0.25) is 14.5 Å². The van der Waals surface area contributed by atoms with Gasteiger partial charge in [-0.05, 0) is 58.0 Å². The maximum Gasteiger partial charge on any atom is 0.254 e. The summed E-state index contributed by atoms with van der Waals surface area (Å²) in [5.41, 5.74) is 0.561. The molecule has 1 aliphatic heterocycles. The largest absolute Gasteiger partial charge is 0.497 e. The summed E-state index contributed by atoms with van der Waals surface area (Å²) in [6, 6.07) is 5.17. The fraction of sp³-hybridized carbons (Fsp3) is 0.680. The molecule has 1 saturated heterocycles. The molecule has 0 aromatic heterocycles.